The topological polar surface area (TPSA) is 26.0 Å². The van der Waals surface area contributed by atoms with E-state index in [-0.39, 0.29) is 11.5 Å². The first kappa shape index (κ1) is 12.4. The Balaban J connectivity index is 1.82. The van der Waals surface area contributed by atoms with Gasteiger partial charge in [0.25, 0.3) is 0 Å². The van der Waals surface area contributed by atoms with Crippen LogP contribution in [0.5, 0.6) is 0 Å². The van der Waals surface area contributed by atoms with Crippen molar-refractivity contribution < 1.29 is 0 Å². The van der Waals surface area contributed by atoms with Crippen LogP contribution in [0.3, 0.4) is 0 Å². The quantitative estimate of drug-likeness (QED) is 0.883. The fourth-order valence-electron chi connectivity index (χ4n) is 3.05. The Morgan fingerprint density at radius 1 is 1.00 bits per heavy atom. The number of nitrogens with two attached hydrogens (primary N) is 1. The maximum absolute atomic E-state index is 6.55. The lowest BCUT2D eigenvalue weighted by atomic mass is 9.84. The Bertz CT molecular complexity index is 555. The molecule has 1 aliphatic rings. The molecule has 0 saturated heterocycles. The molecule has 2 aromatic carbocycles. The van der Waals surface area contributed by atoms with Gasteiger partial charge in [-0.3, -0.25) is 0 Å². The van der Waals surface area contributed by atoms with E-state index in [0.29, 0.717) is 0 Å². The number of hydrogen-bond donors (Lipinski definition) is 1. The van der Waals surface area contributed by atoms with E-state index in [2.05, 4.69) is 61.5 Å². The molecule has 0 heterocycles. The largest absolute Gasteiger partial charge is 0.327 e. The molecule has 0 spiro atoms. The van der Waals surface area contributed by atoms with Gasteiger partial charge in [0, 0.05) is 11.5 Å². The number of aryl methyl sites for hydroxylation is 1. The number of hydrogen-bond acceptors (Lipinski definition) is 1. The SMILES string of the molecule is Cc1ccccc1CC(N)C1(c2ccccc2)CC1. The summed E-state index contributed by atoms with van der Waals surface area (Å²) < 4.78 is 0. The summed E-state index contributed by atoms with van der Waals surface area (Å²) in [6.07, 6.45) is 3.43. The molecular weight excluding hydrogens is 230 g/mol. The second kappa shape index (κ2) is 4.82. The Morgan fingerprint density at radius 2 is 1.63 bits per heavy atom. The molecule has 1 atom stereocenters. The molecule has 1 unspecified atom stereocenters. The van der Waals surface area contributed by atoms with Gasteiger partial charge in [0.2, 0.25) is 0 Å². The van der Waals surface area contributed by atoms with Crippen molar-refractivity contribution in [3.05, 3.63) is 71.3 Å². The molecular formula is C18H21N. The van der Waals surface area contributed by atoms with E-state index in [9.17, 15) is 0 Å². The lowest BCUT2D eigenvalue weighted by Gasteiger charge is -2.24. The average Bonchev–Trinajstić information content (AvgIpc) is 3.24. The summed E-state index contributed by atoms with van der Waals surface area (Å²) in [5.74, 6) is 0. The van der Waals surface area contributed by atoms with Crippen molar-refractivity contribution in [3.8, 4) is 0 Å². The molecule has 19 heavy (non-hydrogen) atoms. The fourth-order valence-corrected chi connectivity index (χ4v) is 3.05. The van der Waals surface area contributed by atoms with Crippen molar-refractivity contribution in [1.82, 2.24) is 0 Å². The molecule has 1 aliphatic carbocycles. The zero-order chi connectivity index (χ0) is 13.3. The minimum Gasteiger partial charge on any atom is -0.327 e. The first-order chi connectivity index (χ1) is 9.22. The molecule has 3 rings (SSSR count). The van der Waals surface area contributed by atoms with Gasteiger partial charge < -0.3 is 5.73 Å². The van der Waals surface area contributed by atoms with Crippen LogP contribution in [0.4, 0.5) is 0 Å². The monoisotopic (exact) mass is 251 g/mol. The summed E-state index contributed by atoms with van der Waals surface area (Å²) in [5, 5.41) is 0. The van der Waals surface area contributed by atoms with Crippen molar-refractivity contribution in [2.45, 2.75) is 37.6 Å². The Hall–Kier alpha value is -1.60. The lowest BCUT2D eigenvalue weighted by molar-refractivity contribution is 0.513. The van der Waals surface area contributed by atoms with Crippen LogP contribution < -0.4 is 5.73 Å². The number of rotatable bonds is 4. The smallest absolute Gasteiger partial charge is 0.0177 e. The zero-order valence-corrected chi connectivity index (χ0v) is 11.5. The molecule has 0 radical (unpaired) electrons. The highest BCUT2D eigenvalue weighted by Gasteiger charge is 2.48. The van der Waals surface area contributed by atoms with Crippen molar-refractivity contribution >= 4 is 0 Å². The molecule has 1 saturated carbocycles. The van der Waals surface area contributed by atoms with E-state index >= 15 is 0 Å². The van der Waals surface area contributed by atoms with Crippen molar-refractivity contribution in [2.24, 2.45) is 5.73 Å². The van der Waals surface area contributed by atoms with E-state index in [1.54, 1.807) is 0 Å². The minimum absolute atomic E-state index is 0.219. The van der Waals surface area contributed by atoms with Gasteiger partial charge in [0.05, 0.1) is 0 Å². The van der Waals surface area contributed by atoms with E-state index in [4.69, 9.17) is 5.73 Å². The van der Waals surface area contributed by atoms with Crippen LogP contribution in [-0.2, 0) is 11.8 Å². The minimum atomic E-state index is 0.219. The lowest BCUT2D eigenvalue weighted by Crippen LogP contribution is -2.37. The van der Waals surface area contributed by atoms with Crippen LogP contribution in [0, 0.1) is 6.92 Å². The summed E-state index contributed by atoms with van der Waals surface area (Å²) >= 11 is 0. The van der Waals surface area contributed by atoms with Gasteiger partial charge in [0.15, 0.2) is 0 Å². The van der Waals surface area contributed by atoms with E-state index < -0.39 is 0 Å². The standard InChI is InChI=1S/C18H21N/c1-14-7-5-6-8-15(14)13-17(19)18(11-12-18)16-9-3-2-4-10-16/h2-10,17H,11-13,19H2,1H3. The van der Waals surface area contributed by atoms with Crippen LogP contribution in [0.25, 0.3) is 0 Å². The van der Waals surface area contributed by atoms with Crippen LogP contribution >= 0.6 is 0 Å². The maximum atomic E-state index is 6.55. The molecule has 0 aromatic heterocycles. The first-order valence-electron chi connectivity index (χ1n) is 7.08. The predicted octanol–water partition coefficient (Wildman–Crippen LogP) is 3.60. The molecule has 1 heteroatoms. The molecule has 1 fully saturated rings. The molecule has 0 amide bonds. The maximum Gasteiger partial charge on any atom is 0.0177 e. The van der Waals surface area contributed by atoms with Crippen molar-refractivity contribution in [2.75, 3.05) is 0 Å². The Labute approximate surface area is 115 Å². The molecule has 0 bridgehead atoms. The molecule has 0 aliphatic heterocycles. The predicted molar refractivity (Wildman–Crippen MR) is 80.2 cm³/mol. The van der Waals surface area contributed by atoms with E-state index in [0.717, 1.165) is 6.42 Å². The van der Waals surface area contributed by atoms with Gasteiger partial charge >= 0.3 is 0 Å². The molecule has 1 nitrogen and oxygen atoms in total. The van der Waals surface area contributed by atoms with Crippen molar-refractivity contribution in [1.29, 1.82) is 0 Å². The Morgan fingerprint density at radius 3 is 2.26 bits per heavy atom. The van der Waals surface area contributed by atoms with Crippen molar-refractivity contribution in [3.63, 3.8) is 0 Å². The van der Waals surface area contributed by atoms with Crippen LogP contribution in [0.1, 0.15) is 29.5 Å². The summed E-state index contributed by atoms with van der Waals surface area (Å²) in [7, 11) is 0. The third-order valence-electron chi connectivity index (χ3n) is 4.55. The summed E-state index contributed by atoms with van der Waals surface area (Å²) in [6.45, 7) is 2.17. The van der Waals surface area contributed by atoms with Gasteiger partial charge in [-0.05, 0) is 42.9 Å². The van der Waals surface area contributed by atoms with Crippen LogP contribution in [-0.4, -0.2) is 6.04 Å². The average molecular weight is 251 g/mol. The highest BCUT2D eigenvalue weighted by Crippen LogP contribution is 2.50. The third-order valence-corrected chi connectivity index (χ3v) is 4.55. The van der Waals surface area contributed by atoms with E-state index in [1.165, 1.54) is 29.5 Å². The fraction of sp³-hybridized carbons (Fsp3) is 0.333. The summed E-state index contributed by atoms with van der Waals surface area (Å²) in [6, 6.07) is 19.6. The van der Waals surface area contributed by atoms with Gasteiger partial charge in [-0.15, -0.1) is 0 Å². The third kappa shape index (κ3) is 2.31. The van der Waals surface area contributed by atoms with Gasteiger partial charge in [-0.2, -0.15) is 0 Å². The molecule has 2 N–H and O–H groups in total. The molecule has 98 valence electrons. The van der Waals surface area contributed by atoms with Gasteiger partial charge in [-0.25, -0.2) is 0 Å². The number of benzene rings is 2. The Kier molecular flexibility index (Phi) is 3.16. The van der Waals surface area contributed by atoms with Crippen LogP contribution in [0.2, 0.25) is 0 Å². The van der Waals surface area contributed by atoms with Gasteiger partial charge in [-0.1, -0.05) is 54.6 Å². The second-order valence-electron chi connectivity index (χ2n) is 5.76. The highest BCUT2D eigenvalue weighted by molar-refractivity contribution is 5.36. The molecule has 2 aromatic rings. The highest BCUT2D eigenvalue weighted by atomic mass is 14.7. The summed E-state index contributed by atoms with van der Waals surface area (Å²) in [4.78, 5) is 0. The zero-order valence-electron chi connectivity index (χ0n) is 11.5. The van der Waals surface area contributed by atoms with Crippen LogP contribution in [0.15, 0.2) is 54.6 Å². The normalized spacial score (nSPS) is 18.0. The second-order valence-corrected chi connectivity index (χ2v) is 5.76. The van der Waals surface area contributed by atoms with Gasteiger partial charge in [0.1, 0.15) is 0 Å². The summed E-state index contributed by atoms with van der Waals surface area (Å²) in [5.41, 5.74) is 10.9. The van der Waals surface area contributed by atoms with E-state index in [1.807, 2.05) is 0 Å². The first-order valence-corrected chi connectivity index (χ1v) is 7.08.